The molecule has 270 valence electrons. The zero-order chi connectivity index (χ0) is 34.8. The van der Waals surface area contributed by atoms with Crippen molar-refractivity contribution in [3.63, 3.8) is 0 Å². The van der Waals surface area contributed by atoms with Crippen molar-refractivity contribution in [1.29, 1.82) is 0 Å². The van der Waals surface area contributed by atoms with Gasteiger partial charge in [0.25, 0.3) is 0 Å². The van der Waals surface area contributed by atoms with Gasteiger partial charge in [-0.05, 0) is 104 Å². The molecule has 5 fully saturated rings. The minimum atomic E-state index is -0.439. The van der Waals surface area contributed by atoms with Crippen LogP contribution >= 0.6 is 0 Å². The number of hydrogen-bond donors (Lipinski definition) is 1. The third-order valence-electron chi connectivity index (χ3n) is 15.5. The van der Waals surface area contributed by atoms with Gasteiger partial charge in [-0.3, -0.25) is 19.3 Å². The van der Waals surface area contributed by atoms with Crippen molar-refractivity contribution >= 4 is 17.8 Å². The van der Waals surface area contributed by atoms with Crippen molar-refractivity contribution in [1.82, 2.24) is 10.2 Å². The first kappa shape index (κ1) is 35.9. The Morgan fingerprint density at radius 2 is 1.60 bits per heavy atom. The second-order valence-corrected chi connectivity index (χ2v) is 18.5. The predicted octanol–water partition coefficient (Wildman–Crippen LogP) is 6.71. The Labute approximate surface area is 289 Å². The SMILES string of the molecule is CC(=O)OC[C@@]1(C)[C@@H]2CC[C@]3(C)[C@H](CC=C4[C@@H]5CC(C)(C)CC[C@]5(C(=O)NCCN5CCOCC5)CC[C@]43C)[C@@]2(C)CC[C@@H]1OC(C)=O. The van der Waals surface area contributed by atoms with Gasteiger partial charge in [0, 0.05) is 45.4 Å². The minimum absolute atomic E-state index is 0.0125. The van der Waals surface area contributed by atoms with Gasteiger partial charge < -0.3 is 19.5 Å². The molecule has 0 aromatic rings. The van der Waals surface area contributed by atoms with Crippen LogP contribution in [0.25, 0.3) is 0 Å². The van der Waals surface area contributed by atoms with E-state index >= 15 is 0 Å². The monoisotopic (exact) mass is 668 g/mol. The van der Waals surface area contributed by atoms with E-state index < -0.39 is 5.41 Å². The highest BCUT2D eigenvalue weighted by Gasteiger charge is 2.70. The maximum Gasteiger partial charge on any atom is 0.302 e. The molecule has 0 unspecified atom stereocenters. The zero-order valence-corrected chi connectivity index (χ0v) is 31.3. The lowest BCUT2D eigenvalue weighted by Gasteiger charge is -2.71. The molecule has 6 rings (SSSR count). The molecule has 0 aromatic carbocycles. The fraction of sp³-hybridized carbons (Fsp3) is 0.875. The molecule has 8 nitrogen and oxygen atoms in total. The first-order valence-electron chi connectivity index (χ1n) is 19.1. The molecular weight excluding hydrogens is 604 g/mol. The number of fused-ring (bicyclic) bond motifs is 7. The summed E-state index contributed by atoms with van der Waals surface area (Å²) in [5, 5.41) is 3.46. The molecule has 1 saturated heterocycles. The van der Waals surface area contributed by atoms with Crippen molar-refractivity contribution < 1.29 is 28.6 Å². The van der Waals surface area contributed by atoms with Gasteiger partial charge in [-0.25, -0.2) is 0 Å². The highest BCUT2D eigenvalue weighted by atomic mass is 16.6. The van der Waals surface area contributed by atoms with E-state index in [-0.39, 0.29) is 69.5 Å². The van der Waals surface area contributed by atoms with Crippen LogP contribution in [0.4, 0.5) is 0 Å². The lowest BCUT2D eigenvalue weighted by molar-refractivity contribution is -0.226. The largest absolute Gasteiger partial charge is 0.465 e. The predicted molar refractivity (Wildman–Crippen MR) is 186 cm³/mol. The van der Waals surface area contributed by atoms with Gasteiger partial charge in [-0.1, -0.05) is 53.2 Å². The molecule has 9 atom stereocenters. The van der Waals surface area contributed by atoms with Crippen LogP contribution in [0.3, 0.4) is 0 Å². The van der Waals surface area contributed by atoms with Crippen molar-refractivity contribution in [3.8, 4) is 0 Å². The quantitative estimate of drug-likeness (QED) is 0.238. The van der Waals surface area contributed by atoms with Gasteiger partial charge in [-0.2, -0.15) is 0 Å². The molecular formula is C40H64N2O6. The van der Waals surface area contributed by atoms with Crippen LogP contribution in [0.5, 0.6) is 0 Å². The van der Waals surface area contributed by atoms with E-state index in [2.05, 4.69) is 57.8 Å². The van der Waals surface area contributed by atoms with E-state index in [4.69, 9.17) is 14.2 Å². The number of allylic oxidation sites excluding steroid dienone is 2. The van der Waals surface area contributed by atoms with E-state index in [1.807, 2.05) is 0 Å². The summed E-state index contributed by atoms with van der Waals surface area (Å²) in [5.74, 6) is 0.733. The van der Waals surface area contributed by atoms with Crippen LogP contribution in [-0.2, 0) is 28.6 Å². The lowest BCUT2D eigenvalue weighted by atomic mass is 9.33. The zero-order valence-electron chi connectivity index (χ0n) is 31.3. The fourth-order valence-electron chi connectivity index (χ4n) is 12.6. The van der Waals surface area contributed by atoms with E-state index in [9.17, 15) is 14.4 Å². The molecule has 5 aliphatic carbocycles. The number of rotatable bonds is 7. The number of ether oxygens (including phenoxy) is 3. The van der Waals surface area contributed by atoms with Crippen molar-refractivity contribution in [2.24, 2.45) is 50.2 Å². The average molecular weight is 669 g/mol. The molecule has 6 aliphatic rings. The van der Waals surface area contributed by atoms with Gasteiger partial charge in [0.2, 0.25) is 5.91 Å². The summed E-state index contributed by atoms with van der Waals surface area (Å²) in [6.45, 7) is 22.9. The molecule has 1 aliphatic heterocycles. The maximum absolute atomic E-state index is 14.4. The van der Waals surface area contributed by atoms with Crippen LogP contribution in [0.2, 0.25) is 0 Å². The molecule has 4 saturated carbocycles. The number of carbonyl (C=O) groups is 3. The highest BCUT2D eigenvalue weighted by Crippen LogP contribution is 2.76. The number of carbonyl (C=O) groups excluding carboxylic acids is 3. The van der Waals surface area contributed by atoms with Gasteiger partial charge in [0.05, 0.1) is 18.6 Å². The molecule has 0 aromatic heterocycles. The van der Waals surface area contributed by atoms with Crippen molar-refractivity contribution in [3.05, 3.63) is 11.6 Å². The average Bonchev–Trinajstić information content (AvgIpc) is 3.02. The Balaban J connectivity index is 1.30. The minimum Gasteiger partial charge on any atom is -0.465 e. The second kappa shape index (κ2) is 12.7. The van der Waals surface area contributed by atoms with Gasteiger partial charge >= 0.3 is 11.9 Å². The number of esters is 2. The van der Waals surface area contributed by atoms with Gasteiger partial charge in [0.15, 0.2) is 0 Å². The Kier molecular flexibility index (Phi) is 9.48. The van der Waals surface area contributed by atoms with Crippen LogP contribution < -0.4 is 5.32 Å². The van der Waals surface area contributed by atoms with Crippen LogP contribution in [0.1, 0.15) is 120 Å². The molecule has 8 heteroatoms. The highest BCUT2D eigenvalue weighted by molar-refractivity contribution is 5.84. The van der Waals surface area contributed by atoms with Crippen molar-refractivity contribution in [2.75, 3.05) is 46.0 Å². The number of amides is 1. The normalized spacial score (nSPS) is 43.7. The van der Waals surface area contributed by atoms with Gasteiger partial charge in [0.1, 0.15) is 12.7 Å². The topological polar surface area (TPSA) is 94.2 Å². The fourth-order valence-corrected chi connectivity index (χ4v) is 12.6. The van der Waals surface area contributed by atoms with E-state index in [1.54, 1.807) is 5.57 Å². The van der Waals surface area contributed by atoms with Gasteiger partial charge in [-0.15, -0.1) is 0 Å². The first-order chi connectivity index (χ1) is 22.5. The molecule has 1 N–H and O–H groups in total. The molecule has 48 heavy (non-hydrogen) atoms. The van der Waals surface area contributed by atoms with E-state index in [1.165, 1.54) is 13.8 Å². The summed E-state index contributed by atoms with van der Waals surface area (Å²) in [7, 11) is 0. The summed E-state index contributed by atoms with van der Waals surface area (Å²) < 4.78 is 17.3. The molecule has 0 bridgehead atoms. The summed E-state index contributed by atoms with van der Waals surface area (Å²) in [4.78, 5) is 41.1. The Morgan fingerprint density at radius 3 is 2.29 bits per heavy atom. The third kappa shape index (κ3) is 5.77. The molecule has 0 spiro atoms. The maximum atomic E-state index is 14.4. The Bertz CT molecular complexity index is 1310. The number of nitrogens with zero attached hydrogens (tertiary/aromatic N) is 1. The Hall–Kier alpha value is -1.93. The van der Waals surface area contributed by atoms with Crippen LogP contribution in [0.15, 0.2) is 11.6 Å². The number of nitrogens with one attached hydrogen (secondary N) is 1. The second-order valence-electron chi connectivity index (χ2n) is 18.5. The summed E-state index contributed by atoms with van der Waals surface area (Å²) in [6, 6.07) is 0. The summed E-state index contributed by atoms with van der Waals surface area (Å²) in [6.07, 6.45) is 12.4. The summed E-state index contributed by atoms with van der Waals surface area (Å²) in [5.41, 5.74) is 1.11. The number of hydrogen-bond acceptors (Lipinski definition) is 7. The molecule has 1 amide bonds. The smallest absolute Gasteiger partial charge is 0.302 e. The Morgan fingerprint density at radius 1 is 0.896 bits per heavy atom. The standard InChI is InChI=1S/C40H64N2O6/c1-27(43)47-26-37(6)31-11-14-39(8)32(36(31,5)13-12-33(37)48-28(2)44)10-9-29-30-25-35(3,4)15-17-40(30,18-16-38(29,39)7)34(45)41-19-20-42-21-23-46-24-22-42/h9,30-33H,10-26H2,1-8H3,(H,41,45)/t30-,31+,32+,33-,36-,37-,38+,39+,40-/m0/s1. The van der Waals surface area contributed by atoms with E-state index in [0.29, 0.717) is 12.5 Å². The first-order valence-corrected chi connectivity index (χ1v) is 19.1. The molecule has 1 heterocycles. The van der Waals surface area contributed by atoms with E-state index in [0.717, 1.165) is 97.1 Å². The summed E-state index contributed by atoms with van der Waals surface area (Å²) >= 11 is 0. The van der Waals surface area contributed by atoms with Crippen molar-refractivity contribution in [2.45, 2.75) is 126 Å². The third-order valence-corrected chi connectivity index (χ3v) is 15.5. The van der Waals surface area contributed by atoms with Crippen LogP contribution in [0, 0.1) is 50.2 Å². The molecule has 0 radical (unpaired) electrons. The lowest BCUT2D eigenvalue weighted by Crippen LogP contribution is -2.66. The number of morpholine rings is 1. The van der Waals surface area contributed by atoms with Crippen LogP contribution in [-0.4, -0.2) is 74.8 Å².